The van der Waals surface area contributed by atoms with Crippen LogP contribution in [0.4, 0.5) is 0 Å². The Hall–Kier alpha value is -1.07. The van der Waals surface area contributed by atoms with Crippen molar-refractivity contribution in [1.29, 1.82) is 0 Å². The lowest BCUT2D eigenvalue weighted by Crippen LogP contribution is -1.93. The number of aryl methyl sites for hydroxylation is 1. The first-order chi connectivity index (χ1) is 8.15. The molecule has 0 saturated carbocycles. The van der Waals surface area contributed by atoms with Crippen LogP contribution in [0.1, 0.15) is 5.56 Å². The minimum atomic E-state index is 0.810. The number of hydrogen-bond acceptors (Lipinski definition) is 4. The molecular formula is C12H12BrNO2S. The van der Waals surface area contributed by atoms with Crippen molar-refractivity contribution in [3.8, 4) is 22.1 Å². The van der Waals surface area contributed by atoms with Crippen molar-refractivity contribution in [2.75, 3.05) is 14.2 Å². The van der Waals surface area contributed by atoms with E-state index in [0.717, 1.165) is 32.2 Å². The summed E-state index contributed by atoms with van der Waals surface area (Å²) in [6.07, 6.45) is 0. The van der Waals surface area contributed by atoms with Gasteiger partial charge < -0.3 is 9.47 Å². The van der Waals surface area contributed by atoms with Crippen molar-refractivity contribution >= 4 is 27.3 Å². The Balaban J connectivity index is 2.58. The average Bonchev–Trinajstić information content (AvgIpc) is 2.75. The van der Waals surface area contributed by atoms with Gasteiger partial charge in [0, 0.05) is 5.38 Å². The summed E-state index contributed by atoms with van der Waals surface area (Å²) in [6.45, 7) is 1.99. The molecule has 0 atom stereocenters. The Kier molecular flexibility index (Phi) is 3.69. The summed E-state index contributed by atoms with van der Waals surface area (Å²) in [6, 6.07) is 3.92. The van der Waals surface area contributed by atoms with Gasteiger partial charge in [-0.1, -0.05) is 0 Å². The second-order valence-electron chi connectivity index (χ2n) is 3.50. The molecule has 90 valence electrons. The molecule has 1 heterocycles. The van der Waals surface area contributed by atoms with Gasteiger partial charge in [0.05, 0.1) is 19.8 Å². The van der Waals surface area contributed by atoms with Crippen molar-refractivity contribution in [2.45, 2.75) is 6.92 Å². The van der Waals surface area contributed by atoms with Gasteiger partial charge in [0.15, 0.2) is 0 Å². The minimum Gasteiger partial charge on any atom is -0.496 e. The van der Waals surface area contributed by atoms with Crippen LogP contribution in [-0.4, -0.2) is 19.2 Å². The molecule has 17 heavy (non-hydrogen) atoms. The zero-order valence-corrected chi connectivity index (χ0v) is 12.2. The molecule has 0 aliphatic rings. The quantitative estimate of drug-likeness (QED) is 0.861. The van der Waals surface area contributed by atoms with E-state index in [2.05, 4.69) is 20.9 Å². The molecule has 0 fully saturated rings. The van der Waals surface area contributed by atoms with Gasteiger partial charge in [0.2, 0.25) is 0 Å². The van der Waals surface area contributed by atoms with Gasteiger partial charge in [-0.05, 0) is 40.5 Å². The third-order valence-electron chi connectivity index (χ3n) is 2.42. The number of hydrogen-bond donors (Lipinski definition) is 0. The molecule has 0 saturated heterocycles. The Morgan fingerprint density at radius 2 is 1.88 bits per heavy atom. The molecule has 2 aromatic rings. The van der Waals surface area contributed by atoms with E-state index < -0.39 is 0 Å². The summed E-state index contributed by atoms with van der Waals surface area (Å²) in [5.74, 6) is 1.65. The standard InChI is InChI=1S/C12H12BrNO2S/c1-7-4-10(16-3)8(5-9(7)15-2)12-14-11(13)6-17-12/h4-6H,1-3H3. The first-order valence-electron chi connectivity index (χ1n) is 4.99. The Morgan fingerprint density at radius 1 is 1.18 bits per heavy atom. The number of thiazole rings is 1. The van der Waals surface area contributed by atoms with Crippen LogP contribution >= 0.6 is 27.3 Å². The third-order valence-corrected chi connectivity index (χ3v) is 4.01. The van der Waals surface area contributed by atoms with Gasteiger partial charge in [-0.25, -0.2) is 4.98 Å². The largest absolute Gasteiger partial charge is 0.496 e. The van der Waals surface area contributed by atoms with Crippen LogP contribution in [0.15, 0.2) is 22.1 Å². The van der Waals surface area contributed by atoms with E-state index in [1.165, 1.54) is 0 Å². The number of rotatable bonds is 3. The molecular weight excluding hydrogens is 302 g/mol. The average molecular weight is 314 g/mol. The van der Waals surface area contributed by atoms with Gasteiger partial charge in [0.25, 0.3) is 0 Å². The Bertz CT molecular complexity index is 539. The van der Waals surface area contributed by atoms with E-state index in [-0.39, 0.29) is 0 Å². The van der Waals surface area contributed by atoms with E-state index in [1.54, 1.807) is 25.6 Å². The number of ether oxygens (including phenoxy) is 2. The monoisotopic (exact) mass is 313 g/mol. The highest BCUT2D eigenvalue weighted by molar-refractivity contribution is 9.10. The summed E-state index contributed by atoms with van der Waals surface area (Å²) in [4.78, 5) is 4.39. The van der Waals surface area contributed by atoms with Gasteiger partial charge in [-0.15, -0.1) is 11.3 Å². The minimum absolute atomic E-state index is 0.810. The van der Waals surface area contributed by atoms with Crippen LogP contribution in [0.25, 0.3) is 10.6 Å². The normalized spacial score (nSPS) is 10.4. The molecule has 5 heteroatoms. The first kappa shape index (κ1) is 12.4. The molecule has 0 bridgehead atoms. The van der Waals surface area contributed by atoms with Crippen molar-refractivity contribution in [2.24, 2.45) is 0 Å². The molecule has 0 unspecified atom stereocenters. The summed E-state index contributed by atoms with van der Waals surface area (Å²) in [5, 5.41) is 2.85. The summed E-state index contributed by atoms with van der Waals surface area (Å²) >= 11 is 4.92. The zero-order valence-electron chi connectivity index (χ0n) is 9.78. The van der Waals surface area contributed by atoms with E-state index in [4.69, 9.17) is 9.47 Å². The van der Waals surface area contributed by atoms with Gasteiger partial charge in [-0.3, -0.25) is 0 Å². The third kappa shape index (κ3) is 2.45. The summed E-state index contributed by atoms with van der Waals surface area (Å²) < 4.78 is 11.5. The molecule has 0 amide bonds. The van der Waals surface area contributed by atoms with Gasteiger partial charge in [0.1, 0.15) is 21.1 Å². The molecule has 0 aliphatic carbocycles. The zero-order chi connectivity index (χ0) is 12.4. The number of benzene rings is 1. The van der Waals surface area contributed by atoms with Crippen LogP contribution in [-0.2, 0) is 0 Å². The highest BCUT2D eigenvalue weighted by atomic mass is 79.9. The lowest BCUT2D eigenvalue weighted by Gasteiger charge is -2.11. The molecule has 1 aromatic carbocycles. The van der Waals surface area contributed by atoms with E-state index in [0.29, 0.717) is 0 Å². The van der Waals surface area contributed by atoms with E-state index in [9.17, 15) is 0 Å². The number of methoxy groups -OCH3 is 2. The van der Waals surface area contributed by atoms with Crippen molar-refractivity contribution in [3.05, 3.63) is 27.7 Å². The molecule has 2 rings (SSSR count). The number of halogens is 1. The maximum absolute atomic E-state index is 5.39. The lowest BCUT2D eigenvalue weighted by molar-refractivity contribution is 0.402. The number of aromatic nitrogens is 1. The number of nitrogens with zero attached hydrogens (tertiary/aromatic N) is 1. The molecule has 0 radical (unpaired) electrons. The predicted molar refractivity (Wildman–Crippen MR) is 73.1 cm³/mol. The topological polar surface area (TPSA) is 31.4 Å². The van der Waals surface area contributed by atoms with Crippen LogP contribution < -0.4 is 9.47 Å². The summed E-state index contributed by atoms with van der Waals surface area (Å²) in [7, 11) is 3.32. The first-order valence-corrected chi connectivity index (χ1v) is 6.67. The van der Waals surface area contributed by atoms with Crippen molar-refractivity contribution < 1.29 is 9.47 Å². The van der Waals surface area contributed by atoms with Crippen LogP contribution in [0.3, 0.4) is 0 Å². The van der Waals surface area contributed by atoms with Crippen LogP contribution in [0.2, 0.25) is 0 Å². The van der Waals surface area contributed by atoms with Crippen molar-refractivity contribution in [1.82, 2.24) is 4.98 Å². The second kappa shape index (κ2) is 5.06. The summed E-state index contributed by atoms with van der Waals surface area (Å²) in [5.41, 5.74) is 1.99. The fraction of sp³-hybridized carbons (Fsp3) is 0.250. The lowest BCUT2D eigenvalue weighted by atomic mass is 10.1. The maximum Gasteiger partial charge on any atom is 0.129 e. The molecule has 0 N–H and O–H groups in total. The fourth-order valence-corrected chi connectivity index (χ4v) is 2.87. The molecule has 0 aliphatic heterocycles. The molecule has 3 nitrogen and oxygen atoms in total. The Morgan fingerprint density at radius 3 is 2.41 bits per heavy atom. The van der Waals surface area contributed by atoms with E-state index in [1.807, 2.05) is 24.4 Å². The maximum atomic E-state index is 5.39. The van der Waals surface area contributed by atoms with Gasteiger partial charge >= 0.3 is 0 Å². The SMILES string of the molecule is COc1cc(-c2nc(Br)cs2)c(OC)cc1C. The van der Waals surface area contributed by atoms with Gasteiger partial charge in [-0.2, -0.15) is 0 Å². The smallest absolute Gasteiger partial charge is 0.129 e. The van der Waals surface area contributed by atoms with Crippen LogP contribution in [0, 0.1) is 6.92 Å². The Labute approximate surface area is 113 Å². The van der Waals surface area contributed by atoms with Crippen molar-refractivity contribution in [3.63, 3.8) is 0 Å². The molecule has 0 spiro atoms. The second-order valence-corrected chi connectivity index (χ2v) is 5.17. The highest BCUT2D eigenvalue weighted by Gasteiger charge is 2.13. The van der Waals surface area contributed by atoms with E-state index >= 15 is 0 Å². The fourth-order valence-electron chi connectivity index (χ4n) is 1.60. The highest BCUT2D eigenvalue weighted by Crippen LogP contribution is 2.37. The molecule has 1 aromatic heterocycles. The van der Waals surface area contributed by atoms with Crippen LogP contribution in [0.5, 0.6) is 11.5 Å². The predicted octanol–water partition coefficient (Wildman–Crippen LogP) is 3.90.